The Morgan fingerprint density at radius 3 is 1.75 bits per heavy atom. The summed E-state index contributed by atoms with van der Waals surface area (Å²) < 4.78 is 0. The van der Waals surface area contributed by atoms with E-state index in [9.17, 15) is 5.11 Å². The molecule has 0 aliphatic heterocycles. The van der Waals surface area contributed by atoms with Crippen LogP contribution in [0.3, 0.4) is 0 Å². The molecule has 0 saturated heterocycles. The van der Waals surface area contributed by atoms with E-state index >= 15 is 0 Å². The second kappa shape index (κ2) is 7.98. The van der Waals surface area contributed by atoms with E-state index in [1.54, 1.807) is 0 Å². The minimum absolute atomic E-state index is 0.277. The van der Waals surface area contributed by atoms with Crippen LogP contribution in [0.25, 0.3) is 11.3 Å². The summed E-state index contributed by atoms with van der Waals surface area (Å²) >= 11 is 0. The highest BCUT2D eigenvalue weighted by Crippen LogP contribution is 2.22. The molecule has 0 fully saturated rings. The summed E-state index contributed by atoms with van der Waals surface area (Å²) in [5.41, 5.74) is 4.18. The number of allylic oxidation sites excluding steroid dienone is 3. The van der Waals surface area contributed by atoms with Crippen molar-refractivity contribution in [2.45, 2.75) is 6.42 Å². The Labute approximate surface area is 143 Å². The smallest absolute Gasteiger partial charge is 0.123 e. The van der Waals surface area contributed by atoms with Gasteiger partial charge in [0, 0.05) is 5.56 Å². The van der Waals surface area contributed by atoms with Crippen molar-refractivity contribution in [2.75, 3.05) is 0 Å². The van der Waals surface area contributed by atoms with Crippen molar-refractivity contribution < 1.29 is 5.11 Å². The molecule has 118 valence electrons. The molecule has 0 bridgehead atoms. The summed E-state index contributed by atoms with van der Waals surface area (Å²) in [7, 11) is 0. The average molecular weight is 312 g/mol. The van der Waals surface area contributed by atoms with Crippen LogP contribution in [0.4, 0.5) is 0 Å². The van der Waals surface area contributed by atoms with Gasteiger partial charge >= 0.3 is 0 Å². The van der Waals surface area contributed by atoms with Gasteiger partial charge in [-0.2, -0.15) is 0 Å². The highest BCUT2D eigenvalue weighted by molar-refractivity contribution is 5.81. The van der Waals surface area contributed by atoms with Gasteiger partial charge in [-0.3, -0.25) is 0 Å². The first-order valence-electron chi connectivity index (χ1n) is 8.08. The lowest BCUT2D eigenvalue weighted by atomic mass is 10.0. The molecule has 3 aromatic carbocycles. The molecular weight excluding hydrogens is 292 g/mol. The van der Waals surface area contributed by atoms with Gasteiger partial charge in [0.2, 0.25) is 0 Å². The van der Waals surface area contributed by atoms with E-state index in [1.165, 1.54) is 5.56 Å². The molecule has 0 radical (unpaired) electrons. The highest BCUT2D eigenvalue weighted by atomic mass is 16.3. The summed E-state index contributed by atoms with van der Waals surface area (Å²) in [5, 5.41) is 10.5. The monoisotopic (exact) mass is 312 g/mol. The van der Waals surface area contributed by atoms with E-state index in [0.717, 1.165) is 23.1 Å². The Hall–Kier alpha value is -3.06. The Balaban J connectivity index is 1.94. The van der Waals surface area contributed by atoms with E-state index in [0.29, 0.717) is 0 Å². The van der Waals surface area contributed by atoms with Crippen LogP contribution in [0.1, 0.15) is 16.7 Å². The molecule has 0 aliphatic carbocycles. The fourth-order valence-corrected chi connectivity index (χ4v) is 2.57. The zero-order valence-electron chi connectivity index (χ0n) is 13.5. The first kappa shape index (κ1) is 15.8. The van der Waals surface area contributed by atoms with E-state index in [1.807, 2.05) is 72.8 Å². The van der Waals surface area contributed by atoms with Crippen LogP contribution in [-0.4, -0.2) is 5.11 Å². The number of aliphatic hydroxyl groups excluding tert-OH is 1. The summed E-state index contributed by atoms with van der Waals surface area (Å²) in [4.78, 5) is 0. The fraction of sp³-hybridized carbons (Fsp3) is 0.0435. The summed E-state index contributed by atoms with van der Waals surface area (Å²) in [6, 6.07) is 30.1. The molecule has 3 rings (SSSR count). The molecule has 0 heterocycles. The molecule has 0 unspecified atom stereocenters. The van der Waals surface area contributed by atoms with Crippen molar-refractivity contribution in [2.24, 2.45) is 0 Å². The molecule has 0 atom stereocenters. The lowest BCUT2D eigenvalue weighted by molar-refractivity contribution is 0.512. The summed E-state index contributed by atoms with van der Waals surface area (Å²) in [6.45, 7) is 0. The lowest BCUT2D eigenvalue weighted by Gasteiger charge is -2.06. The van der Waals surface area contributed by atoms with Gasteiger partial charge in [-0.25, -0.2) is 0 Å². The standard InChI is InChI=1S/C23H20O/c24-23(21-14-8-3-9-15-21)18-22(20-12-6-2-7-13-20)17-16-19-10-4-1-5-11-19/h1-15,17-18,24H,16H2/b22-17+,23-18-. The zero-order valence-corrected chi connectivity index (χ0v) is 13.5. The van der Waals surface area contributed by atoms with Gasteiger partial charge in [0.15, 0.2) is 0 Å². The Morgan fingerprint density at radius 1 is 0.667 bits per heavy atom. The number of benzene rings is 3. The second-order valence-electron chi connectivity index (χ2n) is 5.61. The highest BCUT2D eigenvalue weighted by Gasteiger charge is 2.03. The van der Waals surface area contributed by atoms with Crippen molar-refractivity contribution >= 4 is 11.3 Å². The Kier molecular flexibility index (Phi) is 5.26. The SMILES string of the molecule is O/C(=C\C(=C/Cc1ccccc1)c1ccccc1)c1ccccc1. The van der Waals surface area contributed by atoms with Gasteiger partial charge < -0.3 is 5.11 Å². The molecule has 24 heavy (non-hydrogen) atoms. The third-order valence-electron chi connectivity index (χ3n) is 3.87. The predicted octanol–water partition coefficient (Wildman–Crippen LogP) is 5.91. The van der Waals surface area contributed by atoms with Crippen LogP contribution < -0.4 is 0 Å². The molecule has 0 aliphatic rings. The molecule has 0 aromatic heterocycles. The van der Waals surface area contributed by atoms with Crippen molar-refractivity contribution in [3.05, 3.63) is 120 Å². The van der Waals surface area contributed by atoms with Crippen LogP contribution in [0.15, 0.2) is 103 Å². The van der Waals surface area contributed by atoms with Gasteiger partial charge in [-0.05, 0) is 29.2 Å². The van der Waals surface area contributed by atoms with Crippen molar-refractivity contribution in [1.82, 2.24) is 0 Å². The second-order valence-corrected chi connectivity index (χ2v) is 5.61. The molecule has 0 amide bonds. The minimum atomic E-state index is 0.277. The molecule has 0 spiro atoms. The van der Waals surface area contributed by atoms with Crippen LogP contribution >= 0.6 is 0 Å². The van der Waals surface area contributed by atoms with E-state index < -0.39 is 0 Å². The molecule has 0 saturated carbocycles. The minimum Gasteiger partial charge on any atom is -0.507 e. The third kappa shape index (κ3) is 4.23. The quantitative estimate of drug-likeness (QED) is 0.458. The zero-order chi connectivity index (χ0) is 16.6. The Bertz CT molecular complexity index is 816. The normalized spacial score (nSPS) is 12.2. The molecule has 1 nitrogen and oxygen atoms in total. The number of aliphatic hydroxyl groups is 1. The number of hydrogen-bond donors (Lipinski definition) is 1. The van der Waals surface area contributed by atoms with Crippen LogP contribution in [0, 0.1) is 0 Å². The molecule has 1 heteroatoms. The van der Waals surface area contributed by atoms with E-state index in [2.05, 4.69) is 30.3 Å². The van der Waals surface area contributed by atoms with Crippen molar-refractivity contribution in [1.29, 1.82) is 0 Å². The lowest BCUT2D eigenvalue weighted by Crippen LogP contribution is -1.88. The molecule has 3 aromatic rings. The molecule has 1 N–H and O–H groups in total. The van der Waals surface area contributed by atoms with Crippen LogP contribution in [0.2, 0.25) is 0 Å². The first-order valence-corrected chi connectivity index (χ1v) is 8.08. The summed E-state index contributed by atoms with van der Waals surface area (Å²) in [5.74, 6) is 0.277. The first-order chi connectivity index (χ1) is 11.8. The maximum atomic E-state index is 10.5. The van der Waals surface area contributed by atoms with Crippen molar-refractivity contribution in [3.8, 4) is 0 Å². The number of rotatable bonds is 5. The maximum absolute atomic E-state index is 10.5. The van der Waals surface area contributed by atoms with Crippen LogP contribution in [-0.2, 0) is 6.42 Å². The van der Waals surface area contributed by atoms with Gasteiger partial charge in [0.25, 0.3) is 0 Å². The van der Waals surface area contributed by atoms with Gasteiger partial charge in [-0.15, -0.1) is 0 Å². The van der Waals surface area contributed by atoms with Gasteiger partial charge in [0.05, 0.1) is 0 Å². The Morgan fingerprint density at radius 2 is 1.17 bits per heavy atom. The molecular formula is C23H20O. The topological polar surface area (TPSA) is 20.2 Å². The van der Waals surface area contributed by atoms with Gasteiger partial charge in [0.1, 0.15) is 5.76 Å². The summed E-state index contributed by atoms with van der Waals surface area (Å²) in [6.07, 6.45) is 4.82. The van der Waals surface area contributed by atoms with E-state index in [-0.39, 0.29) is 5.76 Å². The van der Waals surface area contributed by atoms with Gasteiger partial charge in [-0.1, -0.05) is 97.1 Å². The van der Waals surface area contributed by atoms with E-state index in [4.69, 9.17) is 0 Å². The fourth-order valence-electron chi connectivity index (χ4n) is 2.57. The third-order valence-corrected chi connectivity index (χ3v) is 3.87. The predicted molar refractivity (Wildman–Crippen MR) is 102 cm³/mol. The average Bonchev–Trinajstić information content (AvgIpc) is 2.67. The van der Waals surface area contributed by atoms with Crippen LogP contribution in [0.5, 0.6) is 0 Å². The number of hydrogen-bond acceptors (Lipinski definition) is 1. The largest absolute Gasteiger partial charge is 0.507 e. The van der Waals surface area contributed by atoms with Crippen molar-refractivity contribution in [3.63, 3.8) is 0 Å². The maximum Gasteiger partial charge on any atom is 0.123 e.